The largest absolute Gasteiger partial charge is 0.396 e. The molecule has 1 fully saturated rings. The Morgan fingerprint density at radius 1 is 1.45 bits per heavy atom. The van der Waals surface area contributed by atoms with Gasteiger partial charge in [0.2, 0.25) is 0 Å². The third-order valence-electron chi connectivity index (χ3n) is 3.77. The summed E-state index contributed by atoms with van der Waals surface area (Å²) in [5.74, 6) is 0.193. The van der Waals surface area contributed by atoms with Gasteiger partial charge in [0.15, 0.2) is 5.69 Å². The number of para-hydroxylation sites is 1. The molecule has 3 rings (SSSR count). The number of carbonyl (C=O) groups is 1. The number of rotatable bonds is 6. The second-order valence-corrected chi connectivity index (χ2v) is 5.84. The van der Waals surface area contributed by atoms with Crippen LogP contribution in [0.5, 0.6) is 0 Å². The minimum Gasteiger partial charge on any atom is -0.396 e. The molecule has 1 aromatic carbocycles. The fourth-order valence-electron chi connectivity index (χ4n) is 2.43. The Bertz CT molecular complexity index is 669. The van der Waals surface area contributed by atoms with Crippen LogP contribution in [0, 0.1) is 5.92 Å². The Morgan fingerprint density at radius 2 is 2.23 bits per heavy atom. The van der Waals surface area contributed by atoms with E-state index in [1.807, 2.05) is 12.1 Å². The van der Waals surface area contributed by atoms with Gasteiger partial charge in [-0.25, -0.2) is 4.68 Å². The Kier molecular flexibility index (Phi) is 4.40. The van der Waals surface area contributed by atoms with Crippen LogP contribution in [0.3, 0.4) is 0 Å². The van der Waals surface area contributed by atoms with E-state index in [1.54, 1.807) is 18.3 Å². The third kappa shape index (κ3) is 3.28. The highest BCUT2D eigenvalue weighted by Crippen LogP contribution is 2.34. The molecule has 1 aromatic heterocycles. The van der Waals surface area contributed by atoms with Crippen LogP contribution in [0.2, 0.25) is 5.02 Å². The summed E-state index contributed by atoms with van der Waals surface area (Å²) in [6.07, 6.45) is 4.31. The Balaban J connectivity index is 1.73. The van der Waals surface area contributed by atoms with Crippen LogP contribution in [0.15, 0.2) is 30.5 Å². The van der Waals surface area contributed by atoms with Gasteiger partial charge < -0.3 is 10.4 Å². The van der Waals surface area contributed by atoms with Crippen molar-refractivity contribution in [2.75, 3.05) is 6.61 Å². The highest BCUT2D eigenvalue weighted by molar-refractivity contribution is 6.32. The van der Waals surface area contributed by atoms with Crippen molar-refractivity contribution in [1.82, 2.24) is 20.3 Å². The molecule has 116 valence electrons. The number of aliphatic hydroxyl groups is 1. The molecule has 22 heavy (non-hydrogen) atoms. The van der Waals surface area contributed by atoms with Crippen LogP contribution < -0.4 is 5.32 Å². The molecule has 0 radical (unpaired) electrons. The first kappa shape index (κ1) is 15.0. The molecule has 1 aliphatic carbocycles. The minimum atomic E-state index is -0.274. The SMILES string of the molecule is O=C(NC(CCO)C1CC1)c1cn(-c2ccccc2Cl)nn1. The number of amides is 1. The fraction of sp³-hybridized carbons (Fsp3) is 0.400. The highest BCUT2D eigenvalue weighted by atomic mass is 35.5. The summed E-state index contributed by atoms with van der Waals surface area (Å²) >= 11 is 6.11. The molecule has 0 aliphatic heterocycles. The van der Waals surface area contributed by atoms with Gasteiger partial charge in [0.25, 0.3) is 5.91 Å². The molecule has 0 bridgehead atoms. The molecular formula is C15H17ClN4O2. The first-order chi connectivity index (χ1) is 10.7. The van der Waals surface area contributed by atoms with Gasteiger partial charge in [-0.2, -0.15) is 0 Å². The summed E-state index contributed by atoms with van der Waals surface area (Å²) in [6.45, 7) is 0.0633. The summed E-state index contributed by atoms with van der Waals surface area (Å²) in [5, 5.41) is 20.4. The maximum Gasteiger partial charge on any atom is 0.273 e. The van der Waals surface area contributed by atoms with E-state index in [0.29, 0.717) is 23.0 Å². The molecule has 1 aliphatic rings. The quantitative estimate of drug-likeness (QED) is 0.850. The van der Waals surface area contributed by atoms with Crippen molar-refractivity contribution in [2.24, 2.45) is 5.92 Å². The second kappa shape index (κ2) is 6.46. The molecule has 1 saturated carbocycles. The lowest BCUT2D eigenvalue weighted by Gasteiger charge is -2.15. The van der Waals surface area contributed by atoms with Crippen LogP contribution in [-0.4, -0.2) is 38.7 Å². The zero-order valence-electron chi connectivity index (χ0n) is 11.9. The van der Waals surface area contributed by atoms with E-state index in [2.05, 4.69) is 15.6 Å². The van der Waals surface area contributed by atoms with E-state index in [9.17, 15) is 4.79 Å². The van der Waals surface area contributed by atoms with Crippen molar-refractivity contribution in [2.45, 2.75) is 25.3 Å². The van der Waals surface area contributed by atoms with Crippen molar-refractivity contribution < 1.29 is 9.90 Å². The molecule has 2 N–H and O–H groups in total. The van der Waals surface area contributed by atoms with Crippen molar-refractivity contribution >= 4 is 17.5 Å². The van der Waals surface area contributed by atoms with Crippen LogP contribution in [0.1, 0.15) is 29.8 Å². The molecule has 1 heterocycles. The van der Waals surface area contributed by atoms with Crippen molar-refractivity contribution in [3.63, 3.8) is 0 Å². The van der Waals surface area contributed by atoms with Gasteiger partial charge in [-0.1, -0.05) is 28.9 Å². The monoisotopic (exact) mass is 320 g/mol. The van der Waals surface area contributed by atoms with Gasteiger partial charge in [0.1, 0.15) is 0 Å². The number of benzene rings is 1. The summed E-state index contributed by atoms with van der Waals surface area (Å²) in [6, 6.07) is 7.22. The summed E-state index contributed by atoms with van der Waals surface area (Å²) < 4.78 is 1.48. The molecule has 0 spiro atoms. The lowest BCUT2D eigenvalue weighted by Crippen LogP contribution is -2.37. The molecule has 0 saturated heterocycles. The predicted octanol–water partition coefficient (Wildman–Crippen LogP) is 1.81. The average Bonchev–Trinajstić information content (AvgIpc) is 3.24. The number of nitrogens with zero attached hydrogens (tertiary/aromatic N) is 3. The molecule has 7 heteroatoms. The van der Waals surface area contributed by atoms with Crippen molar-refractivity contribution in [3.05, 3.63) is 41.2 Å². The number of halogens is 1. The van der Waals surface area contributed by atoms with E-state index in [4.69, 9.17) is 16.7 Å². The van der Waals surface area contributed by atoms with E-state index in [-0.39, 0.29) is 24.2 Å². The van der Waals surface area contributed by atoms with Crippen LogP contribution in [0.4, 0.5) is 0 Å². The number of hydrogen-bond donors (Lipinski definition) is 2. The third-order valence-corrected chi connectivity index (χ3v) is 4.09. The first-order valence-electron chi connectivity index (χ1n) is 7.28. The van der Waals surface area contributed by atoms with Crippen LogP contribution >= 0.6 is 11.6 Å². The zero-order chi connectivity index (χ0) is 15.5. The van der Waals surface area contributed by atoms with E-state index < -0.39 is 0 Å². The molecule has 6 nitrogen and oxygen atoms in total. The Hall–Kier alpha value is -1.92. The van der Waals surface area contributed by atoms with Gasteiger partial charge in [-0.15, -0.1) is 5.10 Å². The standard InChI is InChI=1S/C15H17ClN4O2/c16-11-3-1-2-4-14(11)20-9-13(18-19-20)15(22)17-12(7-8-21)10-5-6-10/h1-4,9-10,12,21H,5-8H2,(H,17,22). The lowest BCUT2D eigenvalue weighted by atomic mass is 10.1. The highest BCUT2D eigenvalue weighted by Gasteiger charge is 2.32. The van der Waals surface area contributed by atoms with E-state index >= 15 is 0 Å². The van der Waals surface area contributed by atoms with Gasteiger partial charge >= 0.3 is 0 Å². The molecule has 1 amide bonds. The van der Waals surface area contributed by atoms with Crippen LogP contribution in [-0.2, 0) is 0 Å². The molecule has 1 unspecified atom stereocenters. The summed E-state index contributed by atoms with van der Waals surface area (Å²) in [5.41, 5.74) is 0.910. The van der Waals surface area contributed by atoms with E-state index in [1.165, 1.54) is 4.68 Å². The smallest absolute Gasteiger partial charge is 0.273 e. The van der Waals surface area contributed by atoms with Crippen molar-refractivity contribution in [3.8, 4) is 5.69 Å². The number of carbonyl (C=O) groups excluding carboxylic acids is 1. The summed E-state index contributed by atoms with van der Waals surface area (Å²) in [7, 11) is 0. The van der Waals surface area contributed by atoms with Gasteiger partial charge in [-0.3, -0.25) is 4.79 Å². The minimum absolute atomic E-state index is 0.00274. The Morgan fingerprint density at radius 3 is 2.91 bits per heavy atom. The number of aromatic nitrogens is 3. The van der Waals surface area contributed by atoms with Gasteiger partial charge in [0, 0.05) is 12.6 Å². The Labute approximate surface area is 133 Å². The van der Waals surface area contributed by atoms with Crippen molar-refractivity contribution in [1.29, 1.82) is 0 Å². The fourth-order valence-corrected chi connectivity index (χ4v) is 2.65. The normalized spacial score (nSPS) is 15.5. The first-order valence-corrected chi connectivity index (χ1v) is 7.66. The van der Waals surface area contributed by atoms with Crippen LogP contribution in [0.25, 0.3) is 5.69 Å². The zero-order valence-corrected chi connectivity index (χ0v) is 12.7. The molecular weight excluding hydrogens is 304 g/mol. The molecule has 1 atom stereocenters. The molecule has 2 aromatic rings. The number of hydrogen-bond acceptors (Lipinski definition) is 4. The second-order valence-electron chi connectivity index (χ2n) is 5.43. The maximum absolute atomic E-state index is 12.3. The maximum atomic E-state index is 12.3. The van der Waals surface area contributed by atoms with Gasteiger partial charge in [-0.05, 0) is 37.3 Å². The average molecular weight is 321 g/mol. The lowest BCUT2D eigenvalue weighted by molar-refractivity contribution is 0.0919. The van der Waals surface area contributed by atoms with Gasteiger partial charge in [0.05, 0.1) is 16.9 Å². The predicted molar refractivity (Wildman–Crippen MR) is 82.1 cm³/mol. The van der Waals surface area contributed by atoms with E-state index in [0.717, 1.165) is 12.8 Å². The summed E-state index contributed by atoms with van der Waals surface area (Å²) in [4.78, 5) is 12.3. The number of nitrogens with one attached hydrogen (secondary N) is 1. The number of aliphatic hydroxyl groups excluding tert-OH is 1. The topological polar surface area (TPSA) is 80.0 Å².